The second-order valence-corrected chi connectivity index (χ2v) is 6.52. The molecule has 1 aromatic heterocycles. The molecule has 2 saturated heterocycles. The van der Waals surface area contributed by atoms with Crippen LogP contribution in [0, 0.1) is 17.2 Å². The van der Waals surface area contributed by atoms with E-state index in [0.717, 1.165) is 57.7 Å². The van der Waals surface area contributed by atoms with E-state index in [2.05, 4.69) is 20.9 Å². The van der Waals surface area contributed by atoms with E-state index in [1.165, 1.54) is 12.8 Å². The van der Waals surface area contributed by atoms with Crippen LogP contribution in [0.3, 0.4) is 0 Å². The maximum Gasteiger partial charge on any atom is 0.225 e. The molecule has 5 nitrogen and oxygen atoms in total. The van der Waals surface area contributed by atoms with Gasteiger partial charge in [0.25, 0.3) is 0 Å². The molecule has 0 N–H and O–H groups in total. The summed E-state index contributed by atoms with van der Waals surface area (Å²) in [4.78, 5) is 21.3. The lowest BCUT2D eigenvalue weighted by molar-refractivity contribution is -0.136. The number of amides is 1. The summed E-state index contributed by atoms with van der Waals surface area (Å²) in [5.74, 6) is 1.44. The summed E-state index contributed by atoms with van der Waals surface area (Å²) in [5, 5.41) is 8.83. The Morgan fingerprint density at radius 3 is 2.35 bits per heavy atom. The Morgan fingerprint density at radius 2 is 1.78 bits per heavy atom. The Kier molecular flexibility index (Phi) is 5.12. The zero-order valence-electron chi connectivity index (χ0n) is 13.6. The highest BCUT2D eigenvalue weighted by Gasteiger charge is 2.29. The fraction of sp³-hybridized carbons (Fsp3) is 0.611. The monoisotopic (exact) mass is 312 g/mol. The van der Waals surface area contributed by atoms with Crippen LogP contribution in [0.15, 0.2) is 18.3 Å². The molecular weight excluding hydrogens is 288 g/mol. The summed E-state index contributed by atoms with van der Waals surface area (Å²) in [6, 6.07) is 5.79. The Morgan fingerprint density at radius 1 is 1.09 bits per heavy atom. The van der Waals surface area contributed by atoms with Gasteiger partial charge in [-0.05, 0) is 37.8 Å². The van der Waals surface area contributed by atoms with Crippen molar-refractivity contribution in [1.29, 1.82) is 5.26 Å². The van der Waals surface area contributed by atoms with Crippen molar-refractivity contribution in [2.75, 3.05) is 31.1 Å². The minimum absolute atomic E-state index is 0.169. The van der Waals surface area contributed by atoms with Crippen molar-refractivity contribution in [2.45, 2.75) is 38.5 Å². The maximum atomic E-state index is 12.7. The second-order valence-electron chi connectivity index (χ2n) is 6.52. The van der Waals surface area contributed by atoms with E-state index in [9.17, 15) is 4.79 Å². The van der Waals surface area contributed by atoms with Crippen molar-refractivity contribution in [3.8, 4) is 6.07 Å². The van der Waals surface area contributed by atoms with Crippen molar-refractivity contribution < 1.29 is 4.79 Å². The van der Waals surface area contributed by atoms with Crippen LogP contribution < -0.4 is 4.90 Å². The average molecular weight is 312 g/mol. The van der Waals surface area contributed by atoms with Crippen LogP contribution in [0.25, 0.3) is 0 Å². The smallest absolute Gasteiger partial charge is 0.225 e. The molecule has 2 fully saturated rings. The molecule has 0 aliphatic carbocycles. The lowest BCUT2D eigenvalue weighted by Crippen LogP contribution is -2.43. The molecule has 0 atom stereocenters. The molecule has 2 aliphatic rings. The van der Waals surface area contributed by atoms with Crippen LogP contribution >= 0.6 is 0 Å². The summed E-state index contributed by atoms with van der Waals surface area (Å²) in [7, 11) is 0. The van der Waals surface area contributed by atoms with E-state index in [-0.39, 0.29) is 5.92 Å². The van der Waals surface area contributed by atoms with Crippen molar-refractivity contribution in [3.63, 3.8) is 0 Å². The lowest BCUT2D eigenvalue weighted by Gasteiger charge is -2.34. The number of hydrogen-bond donors (Lipinski definition) is 0. The number of nitriles is 1. The number of carbonyl (C=O) groups is 1. The summed E-state index contributed by atoms with van der Waals surface area (Å²) >= 11 is 0. The zero-order valence-corrected chi connectivity index (χ0v) is 13.6. The zero-order chi connectivity index (χ0) is 16.1. The van der Waals surface area contributed by atoms with Crippen LogP contribution in [0.5, 0.6) is 0 Å². The number of carbonyl (C=O) groups excluding carboxylic acids is 1. The van der Waals surface area contributed by atoms with Gasteiger partial charge in [-0.1, -0.05) is 12.8 Å². The van der Waals surface area contributed by atoms with Crippen LogP contribution in [-0.4, -0.2) is 42.0 Å². The molecule has 0 radical (unpaired) electrons. The topological polar surface area (TPSA) is 60.2 Å². The Bertz CT molecular complexity index is 562. The molecular formula is C18H24N4O. The summed E-state index contributed by atoms with van der Waals surface area (Å²) in [6.45, 7) is 3.61. The number of nitrogens with zero attached hydrogens (tertiary/aromatic N) is 4. The highest BCUT2D eigenvalue weighted by atomic mass is 16.2. The first-order valence-corrected chi connectivity index (χ1v) is 8.68. The van der Waals surface area contributed by atoms with Gasteiger partial charge in [-0.25, -0.2) is 4.98 Å². The predicted octanol–water partition coefficient (Wildman–Crippen LogP) is 2.57. The number of pyridine rings is 1. The fourth-order valence-electron chi connectivity index (χ4n) is 3.54. The minimum atomic E-state index is 0.169. The first-order valence-electron chi connectivity index (χ1n) is 8.68. The molecule has 5 heteroatoms. The number of hydrogen-bond acceptors (Lipinski definition) is 4. The van der Waals surface area contributed by atoms with Gasteiger partial charge in [0.2, 0.25) is 5.91 Å². The lowest BCUT2D eigenvalue weighted by atomic mass is 9.95. The molecule has 0 spiro atoms. The largest absolute Gasteiger partial charge is 0.357 e. The van der Waals surface area contributed by atoms with Gasteiger partial charge >= 0.3 is 0 Å². The average Bonchev–Trinajstić information content (AvgIpc) is 2.91. The quantitative estimate of drug-likeness (QED) is 0.842. The van der Waals surface area contributed by atoms with E-state index < -0.39 is 0 Å². The number of aromatic nitrogens is 1. The van der Waals surface area contributed by atoms with Gasteiger partial charge in [0.05, 0.1) is 5.56 Å². The van der Waals surface area contributed by atoms with Crippen molar-refractivity contribution in [1.82, 2.24) is 9.88 Å². The van der Waals surface area contributed by atoms with Crippen molar-refractivity contribution in [3.05, 3.63) is 23.9 Å². The third kappa shape index (κ3) is 3.82. The molecule has 3 rings (SSSR count). The highest BCUT2D eigenvalue weighted by molar-refractivity contribution is 5.79. The van der Waals surface area contributed by atoms with Gasteiger partial charge in [-0.15, -0.1) is 0 Å². The van der Waals surface area contributed by atoms with Crippen molar-refractivity contribution in [2.24, 2.45) is 5.92 Å². The SMILES string of the molecule is N#Cc1ccc(N2CCC(C(=O)N3CCCCCC3)CC2)nc1. The third-order valence-electron chi connectivity index (χ3n) is 4.96. The minimum Gasteiger partial charge on any atom is -0.357 e. The standard InChI is InChI=1S/C18H24N4O/c19-13-15-5-6-17(20-14-15)21-11-7-16(8-12-21)18(23)22-9-3-1-2-4-10-22/h5-6,14,16H,1-4,7-12H2. The molecule has 0 bridgehead atoms. The molecule has 122 valence electrons. The Hall–Kier alpha value is -2.09. The highest BCUT2D eigenvalue weighted by Crippen LogP contribution is 2.24. The first-order chi connectivity index (χ1) is 11.3. The fourth-order valence-corrected chi connectivity index (χ4v) is 3.54. The molecule has 3 heterocycles. The molecule has 1 aromatic rings. The van der Waals surface area contributed by atoms with E-state index in [1.807, 2.05) is 6.07 Å². The molecule has 0 unspecified atom stereocenters. The summed E-state index contributed by atoms with van der Waals surface area (Å²) in [5.41, 5.74) is 0.583. The van der Waals surface area contributed by atoms with Gasteiger partial charge in [0.1, 0.15) is 11.9 Å². The molecule has 23 heavy (non-hydrogen) atoms. The van der Waals surface area contributed by atoms with E-state index >= 15 is 0 Å². The number of likely N-dealkylation sites (tertiary alicyclic amines) is 1. The molecule has 2 aliphatic heterocycles. The third-order valence-corrected chi connectivity index (χ3v) is 4.96. The number of piperidine rings is 1. The summed E-state index contributed by atoms with van der Waals surface area (Å²) < 4.78 is 0. The van der Waals surface area contributed by atoms with Gasteiger partial charge in [-0.3, -0.25) is 4.79 Å². The Balaban J connectivity index is 1.55. The van der Waals surface area contributed by atoms with Gasteiger partial charge < -0.3 is 9.80 Å². The van der Waals surface area contributed by atoms with Gasteiger partial charge in [-0.2, -0.15) is 5.26 Å². The van der Waals surface area contributed by atoms with Crippen molar-refractivity contribution >= 4 is 11.7 Å². The number of rotatable bonds is 2. The first kappa shape index (κ1) is 15.8. The van der Waals surface area contributed by atoms with Gasteiger partial charge in [0, 0.05) is 38.3 Å². The van der Waals surface area contributed by atoms with Gasteiger partial charge in [0.15, 0.2) is 0 Å². The van der Waals surface area contributed by atoms with Crippen LogP contribution in [0.1, 0.15) is 44.1 Å². The molecule has 0 aromatic carbocycles. The molecule has 0 saturated carbocycles. The summed E-state index contributed by atoms with van der Waals surface area (Å²) in [6.07, 6.45) is 8.23. The van der Waals surface area contributed by atoms with Crippen LogP contribution in [0.4, 0.5) is 5.82 Å². The second kappa shape index (κ2) is 7.45. The van der Waals surface area contributed by atoms with Crippen LogP contribution in [0.2, 0.25) is 0 Å². The number of anilines is 1. The van der Waals surface area contributed by atoms with E-state index in [4.69, 9.17) is 5.26 Å². The molecule has 1 amide bonds. The Labute approximate surface area is 137 Å². The van der Waals surface area contributed by atoms with Crippen LogP contribution in [-0.2, 0) is 4.79 Å². The van der Waals surface area contributed by atoms with E-state index in [0.29, 0.717) is 11.5 Å². The predicted molar refractivity (Wildman–Crippen MR) is 88.9 cm³/mol. The van der Waals surface area contributed by atoms with E-state index in [1.54, 1.807) is 12.3 Å². The maximum absolute atomic E-state index is 12.7. The normalized spacial score (nSPS) is 20.0.